The third-order valence-corrected chi connectivity index (χ3v) is 3.77. The van der Waals surface area contributed by atoms with Crippen molar-refractivity contribution in [1.29, 1.82) is 0 Å². The van der Waals surface area contributed by atoms with Crippen molar-refractivity contribution in [2.45, 2.75) is 38.8 Å². The van der Waals surface area contributed by atoms with Crippen LogP contribution >= 0.6 is 0 Å². The monoisotopic (exact) mass is 283 g/mol. The normalized spacial score (nSPS) is 12.7. The van der Waals surface area contributed by atoms with Gasteiger partial charge in [-0.25, -0.2) is 4.39 Å². The van der Waals surface area contributed by atoms with Gasteiger partial charge in [-0.2, -0.15) is 0 Å². The van der Waals surface area contributed by atoms with Crippen LogP contribution in [0.4, 0.5) is 4.39 Å². The molecule has 5 N–H and O–H groups in total. The average Bonchev–Trinajstić information content (AvgIpc) is 2.49. The molecule has 112 valence electrons. The van der Waals surface area contributed by atoms with Crippen molar-refractivity contribution in [2.24, 2.45) is 10.9 Å². The first-order chi connectivity index (χ1) is 9.51. The quantitative estimate of drug-likeness (QED) is 0.264. The van der Waals surface area contributed by atoms with Crippen LogP contribution in [0.5, 0.6) is 0 Å². The molecular weight excluding hydrogens is 261 g/mol. The Morgan fingerprint density at radius 2 is 2.05 bits per heavy atom. The largest absolute Gasteiger partial charge is 0.409 e. The molecule has 0 aliphatic rings. The molecule has 0 heterocycles. The van der Waals surface area contributed by atoms with Gasteiger partial charge in [-0.15, -0.1) is 0 Å². The van der Waals surface area contributed by atoms with Gasteiger partial charge in [-0.1, -0.05) is 31.1 Å². The first-order valence-corrected chi connectivity index (χ1v) is 6.64. The zero-order valence-corrected chi connectivity index (χ0v) is 11.9. The Hall–Kier alpha value is -1.66. The van der Waals surface area contributed by atoms with E-state index >= 15 is 0 Å². The molecule has 0 saturated carbocycles. The number of nitrogens with one attached hydrogen (secondary N) is 1. The van der Waals surface area contributed by atoms with Crippen LogP contribution in [0.15, 0.2) is 23.4 Å². The van der Waals surface area contributed by atoms with E-state index in [0.717, 1.165) is 12.8 Å². The lowest BCUT2D eigenvalue weighted by atomic mass is 9.93. The van der Waals surface area contributed by atoms with Gasteiger partial charge in [-0.05, 0) is 18.9 Å². The second kappa shape index (κ2) is 7.21. The molecule has 1 aromatic rings. The molecule has 0 aliphatic carbocycles. The predicted molar refractivity (Wildman–Crippen MR) is 76.1 cm³/mol. The standard InChI is InChI=1S/C14H22FN3O2/c1-3-14(4-2,9-19)17-8-11-6-5-10(7-12(11)15)13(16)18-20/h5-7,17,19-20H,3-4,8-9H2,1-2H3,(H2,16,18). The molecule has 0 bridgehead atoms. The fraction of sp³-hybridized carbons (Fsp3) is 0.500. The van der Waals surface area contributed by atoms with E-state index in [2.05, 4.69) is 10.5 Å². The average molecular weight is 283 g/mol. The first kappa shape index (κ1) is 16.4. The van der Waals surface area contributed by atoms with Crippen molar-refractivity contribution in [2.75, 3.05) is 6.61 Å². The van der Waals surface area contributed by atoms with Gasteiger partial charge in [0.1, 0.15) is 5.82 Å². The Balaban J connectivity index is 2.84. The smallest absolute Gasteiger partial charge is 0.170 e. The number of aliphatic hydroxyl groups is 1. The van der Waals surface area contributed by atoms with Crippen LogP contribution in [0.1, 0.15) is 37.8 Å². The van der Waals surface area contributed by atoms with E-state index in [-0.39, 0.29) is 12.4 Å². The summed E-state index contributed by atoms with van der Waals surface area (Å²) in [5, 5.41) is 24.0. The van der Waals surface area contributed by atoms with Crippen LogP contribution in [-0.4, -0.2) is 28.3 Å². The fourth-order valence-corrected chi connectivity index (χ4v) is 1.97. The molecule has 0 fully saturated rings. The van der Waals surface area contributed by atoms with Gasteiger partial charge in [-0.3, -0.25) is 0 Å². The molecule has 0 aromatic heterocycles. The minimum absolute atomic E-state index is 0.00379. The highest BCUT2D eigenvalue weighted by molar-refractivity contribution is 5.97. The number of hydrogen-bond donors (Lipinski definition) is 4. The Labute approximate surface area is 118 Å². The van der Waals surface area contributed by atoms with Crippen LogP contribution < -0.4 is 11.1 Å². The van der Waals surface area contributed by atoms with E-state index in [1.54, 1.807) is 12.1 Å². The second-order valence-corrected chi connectivity index (χ2v) is 4.79. The van der Waals surface area contributed by atoms with Gasteiger partial charge in [0.05, 0.1) is 6.61 Å². The minimum atomic E-state index is -0.430. The molecule has 0 saturated heterocycles. The van der Waals surface area contributed by atoms with Crippen molar-refractivity contribution in [3.05, 3.63) is 35.1 Å². The molecule has 20 heavy (non-hydrogen) atoms. The van der Waals surface area contributed by atoms with Gasteiger partial charge < -0.3 is 21.4 Å². The molecule has 1 rings (SSSR count). The SMILES string of the molecule is CCC(CC)(CO)NCc1ccc(C(N)=NO)cc1F. The molecule has 0 unspecified atom stereocenters. The lowest BCUT2D eigenvalue weighted by Gasteiger charge is -2.31. The summed E-state index contributed by atoms with van der Waals surface area (Å²) >= 11 is 0. The summed E-state index contributed by atoms with van der Waals surface area (Å²) in [5.41, 5.74) is 5.81. The van der Waals surface area contributed by atoms with E-state index in [4.69, 9.17) is 10.9 Å². The fourth-order valence-electron chi connectivity index (χ4n) is 1.97. The summed E-state index contributed by atoms with van der Waals surface area (Å²) in [7, 11) is 0. The van der Waals surface area contributed by atoms with Crippen LogP contribution in [0, 0.1) is 5.82 Å². The van der Waals surface area contributed by atoms with Crippen LogP contribution in [0.25, 0.3) is 0 Å². The molecule has 1 aromatic carbocycles. The highest BCUT2D eigenvalue weighted by atomic mass is 19.1. The van der Waals surface area contributed by atoms with E-state index in [1.165, 1.54) is 6.07 Å². The summed E-state index contributed by atoms with van der Waals surface area (Å²) in [5.74, 6) is -0.559. The topological polar surface area (TPSA) is 90.9 Å². The van der Waals surface area contributed by atoms with Gasteiger partial charge in [0, 0.05) is 23.2 Å². The van der Waals surface area contributed by atoms with Gasteiger partial charge in [0.25, 0.3) is 0 Å². The second-order valence-electron chi connectivity index (χ2n) is 4.79. The maximum atomic E-state index is 13.9. The molecule has 0 spiro atoms. The van der Waals surface area contributed by atoms with Crippen LogP contribution in [-0.2, 0) is 6.54 Å². The Kier molecular flexibility index (Phi) is 5.91. The van der Waals surface area contributed by atoms with Crippen molar-refractivity contribution < 1.29 is 14.7 Å². The summed E-state index contributed by atoms with van der Waals surface area (Å²) in [6, 6.07) is 4.40. The van der Waals surface area contributed by atoms with Gasteiger partial charge >= 0.3 is 0 Å². The van der Waals surface area contributed by atoms with E-state index < -0.39 is 11.4 Å². The highest BCUT2D eigenvalue weighted by Crippen LogP contribution is 2.17. The molecule has 0 aliphatic heterocycles. The van der Waals surface area contributed by atoms with E-state index in [0.29, 0.717) is 17.7 Å². The number of oxime groups is 1. The number of benzene rings is 1. The molecule has 0 amide bonds. The maximum Gasteiger partial charge on any atom is 0.170 e. The van der Waals surface area contributed by atoms with E-state index in [1.807, 2.05) is 13.8 Å². The third kappa shape index (κ3) is 3.68. The van der Waals surface area contributed by atoms with Crippen molar-refractivity contribution >= 4 is 5.84 Å². The lowest BCUT2D eigenvalue weighted by molar-refractivity contribution is 0.149. The number of rotatable bonds is 7. The molecule has 0 radical (unpaired) electrons. The Morgan fingerprint density at radius 1 is 1.40 bits per heavy atom. The van der Waals surface area contributed by atoms with E-state index in [9.17, 15) is 9.50 Å². The summed E-state index contributed by atoms with van der Waals surface area (Å²) in [6.45, 7) is 4.27. The zero-order valence-electron chi connectivity index (χ0n) is 11.9. The summed E-state index contributed by atoms with van der Waals surface area (Å²) < 4.78 is 13.9. The molecule has 0 atom stereocenters. The van der Waals surface area contributed by atoms with Crippen molar-refractivity contribution in [3.63, 3.8) is 0 Å². The number of nitrogens with two attached hydrogens (primary N) is 1. The molecular formula is C14H22FN3O2. The highest BCUT2D eigenvalue weighted by Gasteiger charge is 2.24. The maximum absolute atomic E-state index is 13.9. The lowest BCUT2D eigenvalue weighted by Crippen LogP contribution is -2.47. The zero-order chi connectivity index (χ0) is 15.2. The molecule has 5 nitrogen and oxygen atoms in total. The third-order valence-electron chi connectivity index (χ3n) is 3.77. The number of hydrogen-bond acceptors (Lipinski definition) is 4. The Bertz CT molecular complexity index is 465. The Morgan fingerprint density at radius 3 is 2.50 bits per heavy atom. The van der Waals surface area contributed by atoms with Crippen LogP contribution in [0.3, 0.4) is 0 Å². The number of halogens is 1. The summed E-state index contributed by atoms with van der Waals surface area (Å²) in [4.78, 5) is 0. The van der Waals surface area contributed by atoms with Crippen LogP contribution in [0.2, 0.25) is 0 Å². The first-order valence-electron chi connectivity index (χ1n) is 6.64. The predicted octanol–water partition coefficient (Wildman–Crippen LogP) is 1.56. The number of amidine groups is 1. The minimum Gasteiger partial charge on any atom is -0.409 e. The van der Waals surface area contributed by atoms with Gasteiger partial charge in [0.2, 0.25) is 0 Å². The molecule has 6 heteroatoms. The van der Waals surface area contributed by atoms with Gasteiger partial charge in [0.15, 0.2) is 5.84 Å². The number of nitrogens with zero attached hydrogens (tertiary/aromatic N) is 1. The van der Waals surface area contributed by atoms with Crippen molar-refractivity contribution in [1.82, 2.24) is 5.32 Å². The number of aliphatic hydroxyl groups excluding tert-OH is 1. The summed E-state index contributed by atoms with van der Waals surface area (Å²) in [6.07, 6.45) is 1.51. The van der Waals surface area contributed by atoms with Crippen molar-refractivity contribution in [3.8, 4) is 0 Å².